The lowest BCUT2D eigenvalue weighted by atomic mass is 9.98. The normalized spacial score (nSPS) is 11.2. The Hall–Kier alpha value is -2.68. The van der Waals surface area contributed by atoms with E-state index < -0.39 is 5.82 Å². The smallest absolute Gasteiger partial charge is 0.185 e. The van der Waals surface area contributed by atoms with Crippen molar-refractivity contribution in [2.45, 2.75) is 0 Å². The molecule has 0 radical (unpaired) electrons. The van der Waals surface area contributed by atoms with Crippen molar-refractivity contribution < 1.29 is 14.3 Å². The van der Waals surface area contributed by atoms with Crippen LogP contribution >= 0.6 is 0 Å². The lowest BCUT2D eigenvalue weighted by Crippen LogP contribution is -2.00. The number of carbonyl (C=O) groups excluding carboxylic acids is 1. The molecule has 0 spiro atoms. The SMILES string of the molecule is C=CC(=O)C(=Cc1ccc(O)cc1)c1ccccc1F. The molecule has 0 atom stereocenters. The van der Waals surface area contributed by atoms with Crippen LogP contribution in [0.2, 0.25) is 0 Å². The largest absolute Gasteiger partial charge is 0.508 e. The fraction of sp³-hybridized carbons (Fsp3) is 0. The Balaban J connectivity index is 2.53. The van der Waals surface area contributed by atoms with Crippen LogP contribution in [0.25, 0.3) is 11.6 Å². The van der Waals surface area contributed by atoms with Crippen molar-refractivity contribution in [2.24, 2.45) is 0 Å². The Bertz CT molecular complexity index is 670. The van der Waals surface area contributed by atoms with Crippen molar-refractivity contribution in [1.29, 1.82) is 0 Å². The third kappa shape index (κ3) is 3.01. The minimum atomic E-state index is -0.465. The molecule has 2 aromatic rings. The Morgan fingerprint density at radius 2 is 1.75 bits per heavy atom. The molecule has 2 aromatic carbocycles. The summed E-state index contributed by atoms with van der Waals surface area (Å²) in [5, 5.41) is 9.24. The average molecular weight is 268 g/mol. The highest BCUT2D eigenvalue weighted by Crippen LogP contribution is 2.23. The lowest BCUT2D eigenvalue weighted by Gasteiger charge is -2.06. The highest BCUT2D eigenvalue weighted by Gasteiger charge is 2.13. The van der Waals surface area contributed by atoms with Crippen molar-refractivity contribution in [1.82, 2.24) is 0 Å². The molecule has 20 heavy (non-hydrogen) atoms. The van der Waals surface area contributed by atoms with E-state index in [0.717, 1.165) is 6.08 Å². The first-order valence-corrected chi connectivity index (χ1v) is 6.04. The van der Waals surface area contributed by atoms with Crippen LogP contribution in [-0.4, -0.2) is 10.9 Å². The Morgan fingerprint density at radius 1 is 1.10 bits per heavy atom. The first-order chi connectivity index (χ1) is 9.61. The van der Waals surface area contributed by atoms with Gasteiger partial charge in [-0.15, -0.1) is 0 Å². The van der Waals surface area contributed by atoms with Gasteiger partial charge < -0.3 is 5.11 Å². The third-order valence-electron chi connectivity index (χ3n) is 2.82. The summed E-state index contributed by atoms with van der Waals surface area (Å²) in [6.45, 7) is 3.44. The van der Waals surface area contributed by atoms with Crippen LogP contribution in [0.1, 0.15) is 11.1 Å². The van der Waals surface area contributed by atoms with Gasteiger partial charge in [0.15, 0.2) is 5.78 Å². The molecule has 0 saturated heterocycles. The van der Waals surface area contributed by atoms with Gasteiger partial charge in [0.1, 0.15) is 11.6 Å². The van der Waals surface area contributed by atoms with Gasteiger partial charge in [0.25, 0.3) is 0 Å². The van der Waals surface area contributed by atoms with Crippen LogP contribution in [0.15, 0.2) is 61.2 Å². The second-order valence-electron chi connectivity index (χ2n) is 4.20. The van der Waals surface area contributed by atoms with E-state index in [4.69, 9.17) is 0 Å². The summed E-state index contributed by atoms with van der Waals surface area (Å²) in [5.41, 5.74) is 1.14. The van der Waals surface area contributed by atoms with Crippen LogP contribution in [0.5, 0.6) is 5.75 Å². The number of allylic oxidation sites excluding steroid dienone is 2. The summed E-state index contributed by atoms with van der Waals surface area (Å²) >= 11 is 0. The van der Waals surface area contributed by atoms with Crippen molar-refractivity contribution in [3.63, 3.8) is 0 Å². The summed E-state index contributed by atoms with van der Waals surface area (Å²) in [6.07, 6.45) is 2.72. The van der Waals surface area contributed by atoms with Crippen LogP contribution in [0, 0.1) is 5.82 Å². The van der Waals surface area contributed by atoms with Crippen molar-refractivity contribution in [3.05, 3.63) is 78.1 Å². The summed E-state index contributed by atoms with van der Waals surface area (Å²) < 4.78 is 13.8. The van der Waals surface area contributed by atoms with Gasteiger partial charge in [-0.05, 0) is 35.9 Å². The van der Waals surface area contributed by atoms with E-state index in [9.17, 15) is 14.3 Å². The van der Waals surface area contributed by atoms with Crippen molar-refractivity contribution in [2.75, 3.05) is 0 Å². The zero-order valence-electron chi connectivity index (χ0n) is 10.7. The van der Waals surface area contributed by atoms with Gasteiger partial charge in [-0.1, -0.05) is 36.9 Å². The molecule has 2 rings (SSSR count). The van der Waals surface area contributed by atoms with E-state index in [2.05, 4.69) is 6.58 Å². The topological polar surface area (TPSA) is 37.3 Å². The number of halogens is 1. The maximum atomic E-state index is 13.8. The average Bonchev–Trinajstić information content (AvgIpc) is 2.47. The van der Waals surface area contributed by atoms with Crippen molar-refractivity contribution >= 4 is 17.4 Å². The zero-order chi connectivity index (χ0) is 14.5. The first-order valence-electron chi connectivity index (χ1n) is 6.04. The van der Waals surface area contributed by atoms with Gasteiger partial charge in [-0.25, -0.2) is 4.39 Å². The quantitative estimate of drug-likeness (QED) is 0.676. The molecule has 0 aromatic heterocycles. The summed E-state index contributed by atoms with van der Waals surface area (Å²) in [4.78, 5) is 11.9. The van der Waals surface area contributed by atoms with Crippen LogP contribution in [0.3, 0.4) is 0 Å². The van der Waals surface area contributed by atoms with E-state index in [1.165, 1.54) is 18.2 Å². The molecule has 0 unspecified atom stereocenters. The van der Waals surface area contributed by atoms with Gasteiger partial charge in [0, 0.05) is 11.1 Å². The summed E-state index contributed by atoms with van der Waals surface area (Å²) in [5.74, 6) is -0.694. The van der Waals surface area contributed by atoms with Crippen LogP contribution in [-0.2, 0) is 4.79 Å². The highest BCUT2D eigenvalue weighted by molar-refractivity contribution is 6.29. The molecule has 0 bridgehead atoms. The fourth-order valence-corrected chi connectivity index (χ4v) is 1.81. The molecule has 3 heteroatoms. The predicted molar refractivity (Wildman–Crippen MR) is 77.6 cm³/mol. The number of phenolic OH excluding ortho intramolecular Hbond substituents is 1. The fourth-order valence-electron chi connectivity index (χ4n) is 1.81. The number of carbonyl (C=O) groups is 1. The number of phenols is 1. The van der Waals surface area contributed by atoms with Gasteiger partial charge in [-0.3, -0.25) is 4.79 Å². The summed E-state index contributed by atoms with van der Waals surface area (Å²) in [7, 11) is 0. The highest BCUT2D eigenvalue weighted by atomic mass is 19.1. The monoisotopic (exact) mass is 268 g/mol. The Morgan fingerprint density at radius 3 is 2.35 bits per heavy atom. The number of hydrogen-bond acceptors (Lipinski definition) is 2. The Labute approximate surface area is 116 Å². The molecule has 0 aliphatic carbocycles. The number of hydrogen-bond donors (Lipinski definition) is 1. The number of aromatic hydroxyl groups is 1. The van der Waals surface area contributed by atoms with E-state index >= 15 is 0 Å². The van der Waals surface area contributed by atoms with Crippen molar-refractivity contribution in [3.8, 4) is 5.75 Å². The first kappa shape index (κ1) is 13.7. The standard InChI is InChI=1S/C17H13FO2/c1-2-17(20)15(14-5-3-4-6-16(14)18)11-12-7-9-13(19)10-8-12/h2-11,19H,1H2. The number of rotatable bonds is 4. The van der Waals surface area contributed by atoms with E-state index in [1.54, 1.807) is 36.4 Å². The molecule has 0 saturated carbocycles. The molecule has 0 amide bonds. The molecule has 0 heterocycles. The second-order valence-corrected chi connectivity index (χ2v) is 4.20. The lowest BCUT2D eigenvalue weighted by molar-refractivity contribution is -0.109. The second kappa shape index (κ2) is 5.97. The number of ketones is 1. The van der Waals surface area contributed by atoms with Gasteiger partial charge in [-0.2, -0.15) is 0 Å². The molecular formula is C17H13FO2. The molecule has 1 N–H and O–H groups in total. The van der Waals surface area contributed by atoms with Gasteiger partial charge >= 0.3 is 0 Å². The van der Waals surface area contributed by atoms with E-state index in [1.807, 2.05) is 0 Å². The minimum Gasteiger partial charge on any atom is -0.508 e. The maximum Gasteiger partial charge on any atom is 0.185 e. The molecule has 0 aliphatic rings. The molecular weight excluding hydrogens is 255 g/mol. The minimum absolute atomic E-state index is 0.129. The summed E-state index contributed by atoms with van der Waals surface area (Å²) in [6, 6.07) is 12.4. The molecule has 100 valence electrons. The number of benzene rings is 2. The molecule has 0 fully saturated rings. The Kier molecular flexibility index (Phi) is 4.11. The third-order valence-corrected chi connectivity index (χ3v) is 2.82. The van der Waals surface area contributed by atoms with Crippen LogP contribution in [0.4, 0.5) is 4.39 Å². The van der Waals surface area contributed by atoms with Crippen LogP contribution < -0.4 is 0 Å². The zero-order valence-corrected chi connectivity index (χ0v) is 10.7. The van der Waals surface area contributed by atoms with Gasteiger partial charge in [0.2, 0.25) is 0 Å². The van der Waals surface area contributed by atoms with Gasteiger partial charge in [0.05, 0.1) is 0 Å². The molecule has 2 nitrogen and oxygen atoms in total. The van der Waals surface area contributed by atoms with E-state index in [0.29, 0.717) is 5.56 Å². The predicted octanol–water partition coefficient (Wildman–Crippen LogP) is 3.83. The maximum absolute atomic E-state index is 13.8. The molecule has 0 aliphatic heterocycles. The van der Waals surface area contributed by atoms with E-state index in [-0.39, 0.29) is 22.7 Å².